The Hall–Kier alpha value is -2.09. The monoisotopic (exact) mass is 279 g/mol. The Balaban J connectivity index is 2.07. The first-order chi connectivity index (χ1) is 10.2. The van der Waals surface area contributed by atoms with E-state index in [2.05, 4.69) is 23.2 Å². The molecule has 0 spiro atoms. The maximum absolute atomic E-state index is 11.9. The van der Waals surface area contributed by atoms with Crippen molar-refractivity contribution >= 4 is 5.57 Å². The van der Waals surface area contributed by atoms with Gasteiger partial charge < -0.3 is 4.98 Å². The quantitative estimate of drug-likeness (QED) is 0.892. The molecule has 0 radical (unpaired) electrons. The van der Waals surface area contributed by atoms with Crippen LogP contribution in [0.25, 0.3) is 5.57 Å². The number of pyridine rings is 1. The second-order valence-corrected chi connectivity index (χ2v) is 5.88. The first-order valence-electron chi connectivity index (χ1n) is 7.71. The van der Waals surface area contributed by atoms with Crippen molar-refractivity contribution in [3.63, 3.8) is 0 Å². The summed E-state index contributed by atoms with van der Waals surface area (Å²) in [5.74, 6) is 0.630. The number of aromatic amines is 1. The van der Waals surface area contributed by atoms with Gasteiger partial charge in [-0.25, -0.2) is 0 Å². The van der Waals surface area contributed by atoms with Crippen LogP contribution in [-0.4, -0.2) is 4.98 Å². The van der Waals surface area contributed by atoms with Crippen molar-refractivity contribution in [3.8, 4) is 0 Å². The van der Waals surface area contributed by atoms with E-state index in [4.69, 9.17) is 0 Å². The number of aromatic nitrogens is 1. The molecule has 1 fully saturated rings. The van der Waals surface area contributed by atoms with Gasteiger partial charge in [-0.15, -0.1) is 0 Å². The lowest BCUT2D eigenvalue weighted by Crippen LogP contribution is -2.11. The van der Waals surface area contributed by atoms with E-state index in [0.29, 0.717) is 5.92 Å². The number of hydrogen-bond acceptors (Lipinski definition) is 1. The van der Waals surface area contributed by atoms with Crippen LogP contribution in [-0.2, 0) is 0 Å². The first-order valence-corrected chi connectivity index (χ1v) is 7.71. The van der Waals surface area contributed by atoms with Gasteiger partial charge in [-0.05, 0) is 37.3 Å². The molecule has 0 amide bonds. The number of benzene rings is 1. The van der Waals surface area contributed by atoms with Gasteiger partial charge in [0.05, 0.1) is 0 Å². The molecule has 1 N–H and O–H groups in total. The third-order valence-electron chi connectivity index (χ3n) is 4.28. The fourth-order valence-corrected chi connectivity index (χ4v) is 3.02. The topological polar surface area (TPSA) is 32.9 Å². The standard InChI is InChI=1S/C19H21NO/c1-14-11-12-18(20-19(14)21)17(13-15-7-5-6-8-15)16-9-3-2-4-10-16/h2-4,9-13,15H,5-8H2,1H3,(H,20,21)/b17-13+. The summed E-state index contributed by atoms with van der Waals surface area (Å²) in [6, 6.07) is 14.3. The molecule has 0 saturated heterocycles. The van der Waals surface area contributed by atoms with E-state index < -0.39 is 0 Å². The Morgan fingerprint density at radius 1 is 1.10 bits per heavy atom. The van der Waals surface area contributed by atoms with E-state index in [1.807, 2.05) is 37.3 Å². The Labute approximate surface area is 125 Å². The lowest BCUT2D eigenvalue weighted by molar-refractivity contribution is 0.687. The molecular formula is C19H21NO. The van der Waals surface area contributed by atoms with Crippen molar-refractivity contribution < 1.29 is 0 Å². The van der Waals surface area contributed by atoms with Crippen molar-refractivity contribution in [2.24, 2.45) is 5.92 Å². The van der Waals surface area contributed by atoms with Crippen molar-refractivity contribution in [2.75, 3.05) is 0 Å². The maximum Gasteiger partial charge on any atom is 0.251 e. The Morgan fingerprint density at radius 2 is 1.81 bits per heavy atom. The first kappa shape index (κ1) is 13.9. The van der Waals surface area contributed by atoms with E-state index in [-0.39, 0.29) is 5.56 Å². The zero-order chi connectivity index (χ0) is 14.7. The third kappa shape index (κ3) is 3.15. The van der Waals surface area contributed by atoms with Crippen molar-refractivity contribution in [2.45, 2.75) is 32.6 Å². The number of hydrogen-bond donors (Lipinski definition) is 1. The van der Waals surface area contributed by atoms with Gasteiger partial charge in [-0.2, -0.15) is 0 Å². The smallest absolute Gasteiger partial charge is 0.251 e. The van der Waals surface area contributed by atoms with Gasteiger partial charge in [0.1, 0.15) is 0 Å². The summed E-state index contributed by atoms with van der Waals surface area (Å²) in [5, 5.41) is 0. The predicted octanol–water partition coefficient (Wildman–Crippen LogP) is 4.31. The molecule has 2 aromatic rings. The molecule has 1 saturated carbocycles. The van der Waals surface area contributed by atoms with Crippen molar-refractivity contribution in [1.29, 1.82) is 0 Å². The third-order valence-corrected chi connectivity index (χ3v) is 4.28. The van der Waals surface area contributed by atoms with Crippen molar-refractivity contribution in [1.82, 2.24) is 4.98 Å². The summed E-state index contributed by atoms with van der Waals surface area (Å²) in [5.41, 5.74) is 4.00. The zero-order valence-corrected chi connectivity index (χ0v) is 12.4. The highest BCUT2D eigenvalue weighted by Gasteiger charge is 2.15. The molecule has 2 heteroatoms. The van der Waals surface area contributed by atoms with Gasteiger partial charge in [-0.3, -0.25) is 4.79 Å². The van der Waals surface area contributed by atoms with Crippen LogP contribution < -0.4 is 5.56 Å². The van der Waals surface area contributed by atoms with E-state index in [1.165, 1.54) is 31.2 Å². The molecule has 3 rings (SSSR count). The highest BCUT2D eigenvalue weighted by atomic mass is 16.1. The SMILES string of the molecule is Cc1ccc(/C(=C/C2CCCC2)c2ccccc2)[nH]c1=O. The molecular weight excluding hydrogens is 258 g/mol. The van der Waals surface area contributed by atoms with Gasteiger partial charge in [0.15, 0.2) is 0 Å². The van der Waals surface area contributed by atoms with Gasteiger partial charge in [0.25, 0.3) is 5.56 Å². The Kier molecular flexibility index (Phi) is 4.05. The summed E-state index contributed by atoms with van der Waals surface area (Å²) in [7, 11) is 0. The van der Waals surface area contributed by atoms with Crippen LogP contribution in [0.3, 0.4) is 0 Å². The molecule has 1 aliphatic rings. The van der Waals surface area contributed by atoms with Gasteiger partial charge in [0, 0.05) is 16.8 Å². The number of aryl methyl sites for hydroxylation is 1. The minimum absolute atomic E-state index is 0.000697. The molecule has 1 heterocycles. The minimum Gasteiger partial charge on any atom is -0.322 e. The van der Waals surface area contributed by atoms with Gasteiger partial charge >= 0.3 is 0 Å². The van der Waals surface area contributed by atoms with Crippen LogP contribution in [0.5, 0.6) is 0 Å². The highest BCUT2D eigenvalue weighted by molar-refractivity contribution is 5.78. The van der Waals surface area contributed by atoms with Crippen molar-refractivity contribution in [3.05, 3.63) is 75.7 Å². The molecule has 108 valence electrons. The maximum atomic E-state index is 11.9. The Bertz CT molecular complexity index is 691. The van der Waals surface area contributed by atoms with Crippen LogP contribution in [0.1, 0.15) is 42.5 Å². The van der Waals surface area contributed by atoms with Crippen LogP contribution in [0.2, 0.25) is 0 Å². The molecule has 0 bridgehead atoms. The largest absolute Gasteiger partial charge is 0.322 e. The summed E-state index contributed by atoms with van der Waals surface area (Å²) in [4.78, 5) is 15.0. The Morgan fingerprint density at radius 3 is 2.48 bits per heavy atom. The number of rotatable bonds is 3. The van der Waals surface area contributed by atoms with E-state index in [0.717, 1.165) is 16.8 Å². The predicted molar refractivity (Wildman–Crippen MR) is 87.3 cm³/mol. The molecule has 21 heavy (non-hydrogen) atoms. The summed E-state index contributed by atoms with van der Waals surface area (Å²) < 4.78 is 0. The van der Waals surface area contributed by atoms with Crippen LogP contribution in [0.4, 0.5) is 0 Å². The zero-order valence-electron chi connectivity index (χ0n) is 12.4. The molecule has 0 aliphatic heterocycles. The highest BCUT2D eigenvalue weighted by Crippen LogP contribution is 2.31. The van der Waals surface area contributed by atoms with Crippen LogP contribution in [0, 0.1) is 12.8 Å². The van der Waals surface area contributed by atoms with E-state index >= 15 is 0 Å². The average Bonchev–Trinajstić information content (AvgIpc) is 3.02. The fourth-order valence-electron chi connectivity index (χ4n) is 3.02. The van der Waals surface area contributed by atoms with Gasteiger partial charge in [0.2, 0.25) is 0 Å². The number of H-pyrrole nitrogens is 1. The summed E-state index contributed by atoms with van der Waals surface area (Å²) in [6.07, 6.45) is 7.49. The fraction of sp³-hybridized carbons (Fsp3) is 0.316. The summed E-state index contributed by atoms with van der Waals surface area (Å²) in [6.45, 7) is 1.84. The normalized spacial score (nSPS) is 16.3. The summed E-state index contributed by atoms with van der Waals surface area (Å²) >= 11 is 0. The molecule has 1 aromatic heterocycles. The van der Waals surface area contributed by atoms with Crippen LogP contribution in [0.15, 0.2) is 53.3 Å². The number of nitrogens with one attached hydrogen (secondary N) is 1. The minimum atomic E-state index is 0.000697. The lowest BCUT2D eigenvalue weighted by Gasteiger charge is -2.12. The molecule has 0 unspecified atom stereocenters. The average molecular weight is 279 g/mol. The molecule has 1 aliphatic carbocycles. The number of allylic oxidation sites excluding steroid dienone is 1. The lowest BCUT2D eigenvalue weighted by atomic mass is 9.96. The molecule has 1 aromatic carbocycles. The second-order valence-electron chi connectivity index (χ2n) is 5.88. The second kappa shape index (κ2) is 6.13. The van der Waals surface area contributed by atoms with Crippen LogP contribution >= 0.6 is 0 Å². The van der Waals surface area contributed by atoms with E-state index in [1.54, 1.807) is 0 Å². The molecule has 2 nitrogen and oxygen atoms in total. The van der Waals surface area contributed by atoms with E-state index in [9.17, 15) is 4.79 Å². The van der Waals surface area contributed by atoms with Gasteiger partial charge in [-0.1, -0.05) is 55.3 Å². The molecule has 0 atom stereocenters.